The van der Waals surface area contributed by atoms with Gasteiger partial charge < -0.3 is 0 Å². The molecule has 1 atom stereocenters. The fraction of sp³-hybridized carbons (Fsp3) is 0.833. The zero-order valence-corrected chi connectivity index (χ0v) is 10.8. The summed E-state index contributed by atoms with van der Waals surface area (Å²) in [6.45, 7) is 0. The molecule has 0 amide bonds. The van der Waals surface area contributed by atoms with Crippen LogP contribution in [-0.2, 0) is 4.79 Å². The normalized spacial score (nSPS) is 16.1. The van der Waals surface area contributed by atoms with Crippen molar-refractivity contribution in [3.8, 4) is 0 Å². The van der Waals surface area contributed by atoms with Crippen molar-refractivity contribution in [1.82, 2.24) is 0 Å². The van der Waals surface area contributed by atoms with Gasteiger partial charge in [0, 0.05) is 4.43 Å². The van der Waals surface area contributed by atoms with E-state index in [1.165, 1.54) is 22.6 Å². The van der Waals surface area contributed by atoms with Gasteiger partial charge >= 0.3 is 12.4 Å². The highest BCUT2D eigenvalue weighted by Gasteiger charge is 2.74. The van der Waals surface area contributed by atoms with Gasteiger partial charge in [0.1, 0.15) is 0 Å². The molecule has 1 nitrogen and oxygen atoms in total. The average Bonchev–Trinajstić information content (AvgIpc) is 1.99. The van der Waals surface area contributed by atoms with Crippen LogP contribution in [0.1, 0.15) is 0 Å². The van der Waals surface area contributed by atoms with Crippen LogP contribution in [0.4, 0.5) is 26.3 Å². The van der Waals surface area contributed by atoms with Gasteiger partial charge in [-0.15, -0.1) is 0 Å². The van der Waals surface area contributed by atoms with Crippen LogP contribution < -0.4 is 0 Å². The molecule has 0 radical (unpaired) electrons. The number of hydrogen-bond acceptors (Lipinski definition) is 1. The lowest BCUT2D eigenvalue weighted by Crippen LogP contribution is -2.59. The first-order valence-electron chi connectivity index (χ1n) is 3.47. The predicted octanol–water partition coefficient (Wildman–Crippen LogP) is 3.91. The number of carbonyl (C=O) groups is 1. The summed E-state index contributed by atoms with van der Waals surface area (Å²) in [7, 11) is 0. The fourth-order valence-electron chi connectivity index (χ4n) is 0.879. The molecule has 0 aliphatic carbocycles. The Balaban J connectivity index is 5.68. The maximum atomic E-state index is 12.3. The van der Waals surface area contributed by atoms with Gasteiger partial charge in [0.25, 0.3) is 0 Å². The molecule has 0 N–H and O–H groups in total. The molecule has 16 heavy (non-hydrogen) atoms. The molecule has 0 spiro atoms. The third-order valence-electron chi connectivity index (χ3n) is 1.73. The zero-order chi connectivity index (χ0) is 13.4. The molecule has 1 unspecified atom stereocenters. The van der Waals surface area contributed by atoms with E-state index >= 15 is 0 Å². The second kappa shape index (κ2) is 5.05. The highest BCUT2D eigenvalue weighted by molar-refractivity contribution is 14.1. The second-order valence-corrected chi connectivity index (χ2v) is 4.57. The predicted molar refractivity (Wildman–Crippen MR) is 53.9 cm³/mol. The maximum Gasteiger partial charge on any atom is 0.417 e. The molecular weight excluding hydrogens is 400 g/mol. The molecule has 10 heteroatoms. The monoisotopic (exact) mass is 402 g/mol. The summed E-state index contributed by atoms with van der Waals surface area (Å²) in [5.41, 5.74) is 0. The minimum atomic E-state index is -5.83. The lowest BCUT2D eigenvalue weighted by Gasteiger charge is -2.35. The van der Waals surface area contributed by atoms with Crippen molar-refractivity contribution < 1.29 is 31.1 Å². The van der Waals surface area contributed by atoms with Gasteiger partial charge in [0.15, 0.2) is 0 Å². The highest BCUT2D eigenvalue weighted by atomic mass is 127. The van der Waals surface area contributed by atoms with E-state index in [9.17, 15) is 31.1 Å². The summed E-state index contributed by atoms with van der Waals surface area (Å²) >= 11 is 10.5. The zero-order valence-electron chi connectivity index (χ0n) is 7.09. The lowest BCUT2D eigenvalue weighted by molar-refractivity contribution is -0.276. The Labute approximate surface area is 110 Å². The summed E-state index contributed by atoms with van der Waals surface area (Å²) in [5.74, 6) is -2.59. The molecule has 0 aliphatic heterocycles. The largest absolute Gasteiger partial charge is 0.417 e. The van der Waals surface area contributed by atoms with Gasteiger partial charge in [-0.3, -0.25) is 4.79 Å². The quantitative estimate of drug-likeness (QED) is 0.303. The molecule has 0 rings (SSSR count). The number of alkyl halides is 8. The summed E-state index contributed by atoms with van der Waals surface area (Å²) < 4.78 is 73.2. The number of hydrogen-bond donors (Lipinski definition) is 0. The van der Waals surface area contributed by atoms with Crippen LogP contribution in [0.2, 0.25) is 0 Å². The standard InChI is InChI=1S/C6H3Cl2F6IO/c7-3(16)2(1-15)4(8,5(9,10)11)6(12,13)14/h2H,1H2. The molecule has 0 aromatic carbocycles. The summed E-state index contributed by atoms with van der Waals surface area (Å²) in [6, 6.07) is 0. The first kappa shape index (κ1) is 16.6. The lowest BCUT2D eigenvalue weighted by atomic mass is 9.92. The van der Waals surface area contributed by atoms with Crippen LogP contribution in [0.15, 0.2) is 0 Å². The first-order valence-corrected chi connectivity index (χ1v) is 5.75. The number of rotatable bonds is 3. The Morgan fingerprint density at radius 2 is 1.44 bits per heavy atom. The van der Waals surface area contributed by atoms with Crippen LogP contribution in [-0.4, -0.2) is 26.9 Å². The third kappa shape index (κ3) is 2.87. The van der Waals surface area contributed by atoms with Gasteiger partial charge in [0.05, 0.1) is 5.92 Å². The number of halogens is 9. The molecule has 0 saturated heterocycles. The van der Waals surface area contributed by atoms with Gasteiger partial charge in [-0.05, 0) is 11.6 Å². The van der Waals surface area contributed by atoms with Crippen LogP contribution in [0.3, 0.4) is 0 Å². The minimum absolute atomic E-state index is 0.803. The molecule has 0 bridgehead atoms. The number of carbonyl (C=O) groups excluding carboxylic acids is 1. The van der Waals surface area contributed by atoms with Crippen molar-refractivity contribution in [3.63, 3.8) is 0 Å². The van der Waals surface area contributed by atoms with Gasteiger partial charge in [0.2, 0.25) is 10.1 Å². The van der Waals surface area contributed by atoms with Gasteiger partial charge in [-0.25, -0.2) is 0 Å². The van der Waals surface area contributed by atoms with Crippen LogP contribution in [0, 0.1) is 5.92 Å². The molecule has 96 valence electrons. The Morgan fingerprint density at radius 1 is 1.12 bits per heavy atom. The van der Waals surface area contributed by atoms with E-state index in [0.717, 1.165) is 0 Å². The molecule has 0 saturated carbocycles. The molecule has 0 aromatic rings. The first-order chi connectivity index (χ1) is 6.89. The van der Waals surface area contributed by atoms with E-state index in [1.54, 1.807) is 0 Å². The molecule has 0 aliphatic rings. The van der Waals surface area contributed by atoms with Crippen LogP contribution in [0.5, 0.6) is 0 Å². The van der Waals surface area contributed by atoms with Crippen molar-refractivity contribution in [2.75, 3.05) is 4.43 Å². The Kier molecular flexibility index (Phi) is 5.23. The van der Waals surface area contributed by atoms with Crippen molar-refractivity contribution in [2.45, 2.75) is 17.2 Å². The molecule has 0 fully saturated rings. The minimum Gasteiger partial charge on any atom is -0.281 e. The van der Waals surface area contributed by atoms with E-state index in [4.69, 9.17) is 11.6 Å². The van der Waals surface area contributed by atoms with E-state index in [1.807, 2.05) is 0 Å². The van der Waals surface area contributed by atoms with Crippen molar-refractivity contribution in [3.05, 3.63) is 0 Å². The van der Waals surface area contributed by atoms with Crippen molar-refractivity contribution >= 4 is 51.0 Å². The smallest absolute Gasteiger partial charge is 0.281 e. The van der Waals surface area contributed by atoms with Gasteiger partial charge in [-0.1, -0.05) is 34.2 Å². The molecule has 0 heterocycles. The summed E-state index contributed by atoms with van der Waals surface area (Å²) in [6.07, 6.45) is -11.7. The second-order valence-electron chi connectivity index (χ2n) is 2.72. The van der Waals surface area contributed by atoms with Crippen molar-refractivity contribution in [2.24, 2.45) is 5.92 Å². The van der Waals surface area contributed by atoms with E-state index < -0.39 is 32.8 Å². The molecular formula is C6H3Cl2F6IO. The van der Waals surface area contributed by atoms with Gasteiger partial charge in [-0.2, -0.15) is 26.3 Å². The highest BCUT2D eigenvalue weighted by Crippen LogP contribution is 2.53. The Hall–Kier alpha value is 0.560. The Bertz CT molecular complexity index is 261. The van der Waals surface area contributed by atoms with E-state index in [0.29, 0.717) is 0 Å². The Morgan fingerprint density at radius 3 is 1.50 bits per heavy atom. The van der Waals surface area contributed by atoms with Crippen molar-refractivity contribution in [1.29, 1.82) is 0 Å². The van der Waals surface area contributed by atoms with E-state index in [-0.39, 0.29) is 0 Å². The average molecular weight is 403 g/mol. The van der Waals surface area contributed by atoms with Crippen LogP contribution >= 0.6 is 45.8 Å². The molecule has 0 aromatic heterocycles. The fourth-order valence-corrected chi connectivity index (χ4v) is 2.93. The summed E-state index contributed by atoms with van der Waals surface area (Å²) in [4.78, 5) is 5.94. The van der Waals surface area contributed by atoms with E-state index in [2.05, 4.69) is 11.6 Å². The van der Waals surface area contributed by atoms with Crippen LogP contribution in [0.25, 0.3) is 0 Å². The summed E-state index contributed by atoms with van der Waals surface area (Å²) in [5, 5.41) is -1.78. The maximum absolute atomic E-state index is 12.3. The SMILES string of the molecule is O=C(Cl)C(CI)C(Cl)(C(F)(F)F)C(F)(F)F. The topological polar surface area (TPSA) is 17.1 Å². The third-order valence-corrected chi connectivity index (χ3v) is 3.57.